The van der Waals surface area contributed by atoms with E-state index in [4.69, 9.17) is 0 Å². The van der Waals surface area contributed by atoms with Gasteiger partial charge in [-0.05, 0) is 118 Å². The van der Waals surface area contributed by atoms with Crippen molar-refractivity contribution in [2.75, 3.05) is 4.90 Å². The summed E-state index contributed by atoms with van der Waals surface area (Å²) < 4.78 is 19.2. The van der Waals surface area contributed by atoms with Gasteiger partial charge in [-0.3, -0.25) is 0 Å². The highest BCUT2D eigenvalue weighted by Crippen LogP contribution is 2.42. The molecule has 12 aromatic rings. The van der Waals surface area contributed by atoms with E-state index >= 15 is 0 Å². The first-order valence-electron chi connectivity index (χ1n) is 22.1. The predicted molar refractivity (Wildman–Crippen MR) is 273 cm³/mol. The first-order chi connectivity index (χ1) is 32.2. The lowest BCUT2D eigenvalue weighted by atomic mass is 10.1. The summed E-state index contributed by atoms with van der Waals surface area (Å²) in [6.07, 6.45) is 0. The quantitative estimate of drug-likeness (QED) is 0.104. The van der Waals surface area contributed by atoms with Gasteiger partial charge in [-0.1, -0.05) is 158 Å². The average Bonchev–Trinajstić information content (AvgIpc) is 3.88. The van der Waals surface area contributed by atoms with Crippen molar-refractivity contribution in [2.24, 2.45) is 0 Å². The van der Waals surface area contributed by atoms with E-state index in [-0.39, 0.29) is 5.82 Å². The van der Waals surface area contributed by atoms with Crippen molar-refractivity contribution in [3.63, 3.8) is 0 Å². The van der Waals surface area contributed by atoms with Crippen LogP contribution in [0.15, 0.2) is 255 Å². The molecule has 0 aliphatic carbocycles. The molecule has 0 aliphatic heterocycles. The molecular formula is C60H42FN3Si. The van der Waals surface area contributed by atoms with Crippen molar-refractivity contribution < 1.29 is 4.39 Å². The van der Waals surface area contributed by atoms with E-state index in [1.165, 1.54) is 37.0 Å². The van der Waals surface area contributed by atoms with Crippen LogP contribution in [0.4, 0.5) is 21.5 Å². The van der Waals surface area contributed by atoms with Crippen molar-refractivity contribution in [2.45, 2.75) is 0 Å². The highest BCUT2D eigenvalue weighted by molar-refractivity contribution is 7.20. The Labute approximate surface area is 378 Å². The SMILES string of the molecule is Fc1ccc(-n2c3ccc(N(c4ccccc4)c4ccc5c(c4)c4ccccc4n5-c4ccccc4)cc3c3cc([Si](c4ccccc4)(c4ccccc4)c4ccccc4)ccc32)cc1. The van der Waals surface area contributed by atoms with Gasteiger partial charge in [-0.2, -0.15) is 0 Å². The Morgan fingerprint density at radius 3 is 1.23 bits per heavy atom. The number of para-hydroxylation sites is 3. The van der Waals surface area contributed by atoms with Crippen LogP contribution in [-0.2, 0) is 0 Å². The topological polar surface area (TPSA) is 13.1 Å². The van der Waals surface area contributed by atoms with Gasteiger partial charge in [0.1, 0.15) is 5.82 Å². The third-order valence-electron chi connectivity index (χ3n) is 13.1. The normalized spacial score (nSPS) is 11.8. The van der Waals surface area contributed by atoms with Gasteiger partial charge in [0, 0.05) is 50.0 Å². The molecule has 0 amide bonds. The summed E-state index contributed by atoms with van der Waals surface area (Å²) in [5.41, 5.74) is 9.63. The van der Waals surface area contributed by atoms with Crippen LogP contribution in [0, 0.1) is 5.82 Å². The standard InChI is InChI=1S/C60H42FN3Si/c61-43-30-32-46(33-31-43)64-59-38-35-48(62(44-18-6-1-7-19-44)47-34-37-58-54(40-47)53-28-16-17-29-57(53)63(58)45-20-8-2-9-21-45)41-55(59)56-42-52(36-39-60(56)64)65(49-22-10-3-11-23-49,50-24-12-4-13-25-50)51-26-14-5-15-27-51/h1-42H. The van der Waals surface area contributed by atoms with Gasteiger partial charge in [-0.15, -0.1) is 0 Å². The van der Waals surface area contributed by atoms with Crippen molar-refractivity contribution in [3.05, 3.63) is 261 Å². The molecule has 0 fully saturated rings. The molecule has 308 valence electrons. The lowest BCUT2D eigenvalue weighted by Gasteiger charge is -2.34. The summed E-state index contributed by atoms with van der Waals surface area (Å²) in [5.74, 6) is -0.259. The van der Waals surface area contributed by atoms with Gasteiger partial charge in [0.15, 0.2) is 8.07 Å². The van der Waals surface area contributed by atoms with E-state index in [0.29, 0.717) is 0 Å². The largest absolute Gasteiger partial charge is 0.310 e. The average molecular weight is 852 g/mol. The maximum Gasteiger partial charge on any atom is 0.179 e. The zero-order chi connectivity index (χ0) is 43.3. The van der Waals surface area contributed by atoms with Gasteiger partial charge in [0.05, 0.1) is 22.1 Å². The molecule has 0 aliphatic rings. The van der Waals surface area contributed by atoms with Crippen LogP contribution < -0.4 is 25.6 Å². The van der Waals surface area contributed by atoms with Crippen LogP contribution in [0.5, 0.6) is 0 Å². The molecular weight excluding hydrogens is 810 g/mol. The third-order valence-corrected chi connectivity index (χ3v) is 17.9. The maximum atomic E-state index is 14.5. The minimum atomic E-state index is -2.87. The van der Waals surface area contributed by atoms with Crippen molar-refractivity contribution in [1.82, 2.24) is 9.13 Å². The summed E-state index contributed by atoms with van der Waals surface area (Å²) in [5, 5.41) is 9.88. The lowest BCUT2D eigenvalue weighted by Crippen LogP contribution is -2.74. The van der Waals surface area contributed by atoms with Gasteiger partial charge in [-0.25, -0.2) is 4.39 Å². The number of rotatable bonds is 9. The Bertz CT molecular complexity index is 3550. The summed E-state index contributed by atoms with van der Waals surface area (Å²) in [7, 11) is -2.87. The van der Waals surface area contributed by atoms with E-state index < -0.39 is 8.07 Å². The smallest absolute Gasteiger partial charge is 0.179 e. The molecule has 0 atom stereocenters. The fourth-order valence-corrected chi connectivity index (χ4v) is 15.1. The number of anilines is 3. The van der Waals surface area contributed by atoms with Crippen molar-refractivity contribution in [1.29, 1.82) is 0 Å². The van der Waals surface area contributed by atoms with Crippen LogP contribution in [0.3, 0.4) is 0 Å². The monoisotopic (exact) mass is 851 g/mol. The Balaban J connectivity index is 1.13. The summed E-state index contributed by atoms with van der Waals surface area (Å²) >= 11 is 0. The summed E-state index contributed by atoms with van der Waals surface area (Å²) in [6, 6.07) is 90.7. The number of aromatic nitrogens is 2. The molecule has 0 N–H and O–H groups in total. The second-order valence-electron chi connectivity index (χ2n) is 16.7. The van der Waals surface area contributed by atoms with Gasteiger partial charge >= 0.3 is 0 Å². The second-order valence-corrected chi connectivity index (χ2v) is 20.5. The number of benzene rings is 10. The molecule has 65 heavy (non-hydrogen) atoms. The van der Waals surface area contributed by atoms with Crippen LogP contribution in [0.2, 0.25) is 0 Å². The molecule has 10 aromatic carbocycles. The molecule has 0 bridgehead atoms. The molecule has 2 heterocycles. The van der Waals surface area contributed by atoms with Crippen LogP contribution in [0.1, 0.15) is 0 Å². The fraction of sp³-hybridized carbons (Fsp3) is 0. The molecule has 3 nitrogen and oxygen atoms in total. The van der Waals surface area contributed by atoms with Crippen LogP contribution >= 0.6 is 0 Å². The Hall–Kier alpha value is -8.25. The summed E-state index contributed by atoms with van der Waals surface area (Å²) in [4.78, 5) is 2.37. The number of nitrogens with zero attached hydrogens (tertiary/aromatic N) is 3. The molecule has 2 aromatic heterocycles. The van der Waals surface area contributed by atoms with E-state index in [1.54, 1.807) is 12.1 Å². The molecule has 0 spiro atoms. The van der Waals surface area contributed by atoms with Crippen LogP contribution in [0.25, 0.3) is 55.0 Å². The van der Waals surface area contributed by atoms with E-state index in [9.17, 15) is 4.39 Å². The molecule has 0 saturated carbocycles. The molecule has 0 unspecified atom stereocenters. The minimum absolute atomic E-state index is 0.259. The molecule has 5 heteroatoms. The Morgan fingerprint density at radius 2 is 0.692 bits per heavy atom. The molecule has 0 saturated heterocycles. The van der Waals surface area contributed by atoms with Gasteiger partial charge < -0.3 is 14.0 Å². The first kappa shape index (κ1) is 38.4. The fourth-order valence-electron chi connectivity index (χ4n) is 10.3. The van der Waals surface area contributed by atoms with Gasteiger partial charge in [0.25, 0.3) is 0 Å². The van der Waals surface area contributed by atoms with E-state index in [0.717, 1.165) is 55.8 Å². The van der Waals surface area contributed by atoms with Crippen molar-refractivity contribution in [3.8, 4) is 11.4 Å². The number of fused-ring (bicyclic) bond motifs is 6. The minimum Gasteiger partial charge on any atom is -0.310 e. The summed E-state index contributed by atoms with van der Waals surface area (Å²) in [6.45, 7) is 0. The first-order valence-corrected chi connectivity index (χ1v) is 24.1. The Kier molecular flexibility index (Phi) is 9.36. The Morgan fingerprint density at radius 1 is 0.292 bits per heavy atom. The molecule has 12 rings (SSSR count). The van der Waals surface area contributed by atoms with Gasteiger partial charge in [0.2, 0.25) is 0 Å². The third kappa shape index (κ3) is 6.31. The van der Waals surface area contributed by atoms with Crippen molar-refractivity contribution >= 4 is 89.5 Å². The highest BCUT2D eigenvalue weighted by Gasteiger charge is 2.41. The zero-order valence-electron chi connectivity index (χ0n) is 35.5. The number of halogens is 1. The second kappa shape index (κ2) is 15.8. The number of hydrogen-bond donors (Lipinski definition) is 0. The van der Waals surface area contributed by atoms with Crippen LogP contribution in [-0.4, -0.2) is 17.2 Å². The zero-order valence-corrected chi connectivity index (χ0v) is 36.5. The lowest BCUT2D eigenvalue weighted by molar-refractivity contribution is 0.627. The predicted octanol–water partition coefficient (Wildman–Crippen LogP) is 12.9. The van der Waals surface area contributed by atoms with E-state index in [2.05, 4.69) is 245 Å². The molecule has 0 radical (unpaired) electrons. The van der Waals surface area contributed by atoms with E-state index in [1.807, 2.05) is 12.1 Å². The number of hydrogen-bond acceptors (Lipinski definition) is 1. The maximum absolute atomic E-state index is 14.5. The highest BCUT2D eigenvalue weighted by atomic mass is 28.3.